The van der Waals surface area contributed by atoms with Crippen molar-refractivity contribution in [3.8, 4) is 0 Å². The van der Waals surface area contributed by atoms with E-state index in [0.29, 0.717) is 13.0 Å². The average molecular weight is 262 g/mol. The summed E-state index contributed by atoms with van der Waals surface area (Å²) in [6, 6.07) is -0.327. The van der Waals surface area contributed by atoms with Crippen LogP contribution in [0.1, 0.15) is 19.4 Å². The summed E-state index contributed by atoms with van der Waals surface area (Å²) < 4.78 is 37.3. The van der Waals surface area contributed by atoms with Gasteiger partial charge in [0.1, 0.15) is 6.54 Å². The third kappa shape index (κ3) is 4.48. The molecule has 0 atom stereocenters. The molecule has 18 heavy (non-hydrogen) atoms. The van der Waals surface area contributed by atoms with Gasteiger partial charge in [0.2, 0.25) is 5.95 Å². The average Bonchev–Trinajstić information content (AvgIpc) is 2.26. The summed E-state index contributed by atoms with van der Waals surface area (Å²) in [6.45, 7) is 2.74. The Labute approximate surface area is 104 Å². The van der Waals surface area contributed by atoms with Crippen LogP contribution in [0, 0.1) is 0 Å². The third-order valence-electron chi connectivity index (χ3n) is 2.35. The largest absolute Gasteiger partial charge is 0.406 e. The number of alkyl halides is 3. The molecule has 0 aromatic carbocycles. The van der Waals surface area contributed by atoms with Gasteiger partial charge in [-0.05, 0) is 32.4 Å². The molecular formula is C11H17F3N4. The lowest BCUT2D eigenvalue weighted by Gasteiger charge is -2.27. The second-order valence-electron chi connectivity index (χ2n) is 4.27. The smallest absolute Gasteiger partial charge is 0.330 e. The van der Waals surface area contributed by atoms with Gasteiger partial charge in [-0.15, -0.1) is 0 Å². The molecule has 0 aliphatic carbocycles. The number of halogens is 3. The molecule has 7 heteroatoms. The molecule has 0 fully saturated rings. The molecule has 1 aromatic rings. The zero-order valence-electron chi connectivity index (χ0n) is 10.4. The highest BCUT2D eigenvalue weighted by Crippen LogP contribution is 2.21. The van der Waals surface area contributed by atoms with Crippen molar-refractivity contribution in [1.82, 2.24) is 9.97 Å². The number of nitrogens with two attached hydrogens (primary N) is 1. The molecule has 0 bridgehead atoms. The maximum absolute atomic E-state index is 12.4. The van der Waals surface area contributed by atoms with Crippen LogP contribution in [0.25, 0.3) is 0 Å². The Kier molecular flexibility index (Phi) is 4.89. The van der Waals surface area contributed by atoms with Crippen LogP contribution in [0.15, 0.2) is 12.4 Å². The zero-order chi connectivity index (χ0) is 13.8. The Morgan fingerprint density at radius 1 is 1.28 bits per heavy atom. The van der Waals surface area contributed by atoms with E-state index in [2.05, 4.69) is 9.97 Å². The molecule has 2 N–H and O–H groups in total. The van der Waals surface area contributed by atoms with Crippen LogP contribution >= 0.6 is 0 Å². The fourth-order valence-corrected chi connectivity index (χ4v) is 1.47. The van der Waals surface area contributed by atoms with Crippen molar-refractivity contribution in [2.75, 3.05) is 18.0 Å². The quantitative estimate of drug-likeness (QED) is 0.878. The van der Waals surface area contributed by atoms with Gasteiger partial charge in [0, 0.05) is 18.4 Å². The van der Waals surface area contributed by atoms with E-state index in [4.69, 9.17) is 5.73 Å². The Morgan fingerprint density at radius 3 is 2.22 bits per heavy atom. The first-order chi connectivity index (χ1) is 8.33. The summed E-state index contributed by atoms with van der Waals surface area (Å²) in [5.41, 5.74) is 6.19. The molecule has 1 aromatic heterocycles. The highest BCUT2D eigenvalue weighted by atomic mass is 19.4. The van der Waals surface area contributed by atoms with Gasteiger partial charge in [-0.3, -0.25) is 0 Å². The number of rotatable bonds is 5. The van der Waals surface area contributed by atoms with E-state index in [-0.39, 0.29) is 12.0 Å². The molecule has 0 unspecified atom stereocenters. The summed E-state index contributed by atoms with van der Waals surface area (Å²) in [7, 11) is 0. The van der Waals surface area contributed by atoms with Gasteiger partial charge >= 0.3 is 6.18 Å². The monoisotopic (exact) mass is 262 g/mol. The van der Waals surface area contributed by atoms with Crippen molar-refractivity contribution in [2.45, 2.75) is 32.5 Å². The molecule has 0 amide bonds. The SMILES string of the molecule is CC(C)N(CC(F)(F)F)c1ncc(CCN)cn1. The molecule has 0 radical (unpaired) electrons. The normalized spacial score (nSPS) is 11.9. The molecule has 4 nitrogen and oxygen atoms in total. The van der Waals surface area contributed by atoms with Crippen molar-refractivity contribution in [3.05, 3.63) is 18.0 Å². The van der Waals surface area contributed by atoms with Crippen molar-refractivity contribution >= 4 is 5.95 Å². The molecule has 1 rings (SSSR count). The van der Waals surface area contributed by atoms with Crippen LogP contribution in [-0.4, -0.2) is 35.3 Å². The molecule has 0 aliphatic rings. The standard InChI is InChI=1S/C11H17F3N4/c1-8(2)18(7-11(12,13)14)10-16-5-9(3-4-15)6-17-10/h5-6,8H,3-4,7,15H2,1-2H3. The minimum atomic E-state index is -4.27. The maximum atomic E-state index is 12.4. The molecular weight excluding hydrogens is 245 g/mol. The topological polar surface area (TPSA) is 55.0 Å². The minimum Gasteiger partial charge on any atom is -0.330 e. The molecule has 1 heterocycles. The van der Waals surface area contributed by atoms with Crippen LogP contribution in [-0.2, 0) is 6.42 Å². The van der Waals surface area contributed by atoms with Gasteiger partial charge in [0.05, 0.1) is 0 Å². The lowest BCUT2D eigenvalue weighted by Crippen LogP contribution is -2.40. The van der Waals surface area contributed by atoms with Gasteiger partial charge in [0.25, 0.3) is 0 Å². The summed E-state index contributed by atoms with van der Waals surface area (Å²) in [4.78, 5) is 9.04. The third-order valence-corrected chi connectivity index (χ3v) is 2.35. The molecule has 0 aliphatic heterocycles. The maximum Gasteiger partial charge on any atom is 0.406 e. The fraction of sp³-hybridized carbons (Fsp3) is 0.636. The van der Waals surface area contributed by atoms with Gasteiger partial charge < -0.3 is 10.6 Å². The summed E-state index contributed by atoms with van der Waals surface area (Å²) in [6.07, 6.45) is -0.632. The van der Waals surface area contributed by atoms with Crippen molar-refractivity contribution in [3.63, 3.8) is 0 Å². The van der Waals surface area contributed by atoms with Gasteiger partial charge in [-0.2, -0.15) is 13.2 Å². The van der Waals surface area contributed by atoms with Crippen molar-refractivity contribution in [2.24, 2.45) is 5.73 Å². The number of aromatic nitrogens is 2. The zero-order valence-corrected chi connectivity index (χ0v) is 10.4. The number of hydrogen-bond donors (Lipinski definition) is 1. The van der Waals surface area contributed by atoms with E-state index < -0.39 is 12.7 Å². The molecule has 102 valence electrons. The highest BCUT2D eigenvalue weighted by Gasteiger charge is 2.33. The Hall–Kier alpha value is -1.37. The Balaban J connectivity index is 2.86. The molecule has 0 saturated carbocycles. The highest BCUT2D eigenvalue weighted by molar-refractivity contribution is 5.31. The second kappa shape index (κ2) is 5.99. The predicted octanol–water partition coefficient (Wildman–Crippen LogP) is 1.75. The van der Waals surface area contributed by atoms with Crippen molar-refractivity contribution < 1.29 is 13.2 Å². The van der Waals surface area contributed by atoms with E-state index in [1.54, 1.807) is 13.8 Å². The van der Waals surface area contributed by atoms with E-state index >= 15 is 0 Å². The van der Waals surface area contributed by atoms with Crippen LogP contribution in [0.3, 0.4) is 0 Å². The van der Waals surface area contributed by atoms with Gasteiger partial charge in [-0.1, -0.05) is 0 Å². The summed E-state index contributed by atoms with van der Waals surface area (Å²) in [5.74, 6) is 0.0862. The summed E-state index contributed by atoms with van der Waals surface area (Å²) in [5, 5.41) is 0. The van der Waals surface area contributed by atoms with E-state index in [1.165, 1.54) is 12.4 Å². The van der Waals surface area contributed by atoms with E-state index in [0.717, 1.165) is 10.5 Å². The first-order valence-electron chi connectivity index (χ1n) is 5.68. The van der Waals surface area contributed by atoms with Crippen LogP contribution in [0.2, 0.25) is 0 Å². The number of anilines is 1. The molecule has 0 saturated heterocycles. The Bertz CT molecular complexity index is 362. The van der Waals surface area contributed by atoms with E-state index in [9.17, 15) is 13.2 Å². The van der Waals surface area contributed by atoms with Crippen LogP contribution < -0.4 is 10.6 Å². The summed E-state index contributed by atoms with van der Waals surface area (Å²) >= 11 is 0. The lowest BCUT2D eigenvalue weighted by molar-refractivity contribution is -0.120. The van der Waals surface area contributed by atoms with Gasteiger partial charge in [0.15, 0.2) is 0 Å². The van der Waals surface area contributed by atoms with E-state index in [1.807, 2.05) is 0 Å². The van der Waals surface area contributed by atoms with Gasteiger partial charge in [-0.25, -0.2) is 9.97 Å². The lowest BCUT2D eigenvalue weighted by atomic mass is 10.2. The fourth-order valence-electron chi connectivity index (χ4n) is 1.47. The van der Waals surface area contributed by atoms with Crippen LogP contribution in [0.4, 0.5) is 19.1 Å². The number of nitrogens with zero attached hydrogens (tertiary/aromatic N) is 3. The first-order valence-corrected chi connectivity index (χ1v) is 5.68. The molecule has 0 spiro atoms. The predicted molar refractivity (Wildman–Crippen MR) is 63.3 cm³/mol. The van der Waals surface area contributed by atoms with Crippen LogP contribution in [0.5, 0.6) is 0 Å². The first kappa shape index (κ1) is 14.7. The minimum absolute atomic E-state index is 0.0862. The second-order valence-corrected chi connectivity index (χ2v) is 4.27. The number of hydrogen-bond acceptors (Lipinski definition) is 4. The Morgan fingerprint density at radius 2 is 1.83 bits per heavy atom. The van der Waals surface area contributed by atoms with Crippen molar-refractivity contribution in [1.29, 1.82) is 0 Å².